The summed E-state index contributed by atoms with van der Waals surface area (Å²) in [4.78, 5) is 12.4. The minimum atomic E-state index is -0.470. The molecular weight excluding hydrogens is 294 g/mol. The van der Waals surface area contributed by atoms with E-state index in [1.54, 1.807) is 19.9 Å². The maximum absolute atomic E-state index is 12.4. The van der Waals surface area contributed by atoms with Crippen molar-refractivity contribution in [1.29, 1.82) is 5.26 Å². The minimum Gasteiger partial charge on any atom is -0.493 e. The van der Waals surface area contributed by atoms with Crippen molar-refractivity contribution in [1.82, 2.24) is 9.13 Å². The van der Waals surface area contributed by atoms with Crippen LogP contribution < -0.4 is 5.69 Å². The number of nitriles is 1. The second-order valence-corrected chi connectivity index (χ2v) is 4.85. The zero-order valence-electron chi connectivity index (χ0n) is 11.6. The van der Waals surface area contributed by atoms with E-state index >= 15 is 0 Å². The second kappa shape index (κ2) is 5.64. The smallest absolute Gasteiger partial charge is 0.335 e. The molecule has 0 saturated carbocycles. The highest BCUT2D eigenvalue weighted by atomic mass is 35.5. The Labute approximate surface area is 126 Å². The predicted molar refractivity (Wildman–Crippen MR) is 77.8 cm³/mol. The van der Waals surface area contributed by atoms with Crippen molar-refractivity contribution in [3.63, 3.8) is 0 Å². The molecule has 0 radical (unpaired) electrons. The number of imidazole rings is 1. The summed E-state index contributed by atoms with van der Waals surface area (Å²) in [6.45, 7) is 3.26. The number of aromatic hydroxyl groups is 1. The average Bonchev–Trinajstić information content (AvgIpc) is 2.72. The van der Waals surface area contributed by atoms with Gasteiger partial charge in [-0.15, -0.1) is 0 Å². The number of aliphatic hydroxyl groups excluding tert-OH is 1. The van der Waals surface area contributed by atoms with Gasteiger partial charge in [0.05, 0.1) is 22.9 Å². The average molecular weight is 308 g/mol. The summed E-state index contributed by atoms with van der Waals surface area (Å²) >= 11 is 6.09. The third-order valence-electron chi connectivity index (χ3n) is 3.40. The Hall–Kier alpha value is -2.23. The molecule has 0 spiro atoms. The van der Waals surface area contributed by atoms with Gasteiger partial charge in [0.2, 0.25) is 5.88 Å². The molecule has 6 nitrogen and oxygen atoms in total. The normalized spacial score (nSPS) is 10.6. The van der Waals surface area contributed by atoms with Crippen LogP contribution in [0.1, 0.15) is 23.7 Å². The molecule has 21 heavy (non-hydrogen) atoms. The molecule has 2 aromatic rings. The Kier molecular flexibility index (Phi) is 4.07. The molecule has 2 rings (SSSR count). The molecule has 2 N–H and O–H groups in total. The number of hydrogen-bond acceptors (Lipinski definition) is 4. The number of halogens is 1. The molecule has 0 fully saturated rings. The van der Waals surface area contributed by atoms with Crippen LogP contribution in [0.2, 0.25) is 5.02 Å². The van der Waals surface area contributed by atoms with Gasteiger partial charge < -0.3 is 10.2 Å². The summed E-state index contributed by atoms with van der Waals surface area (Å²) in [7, 11) is 0. The molecule has 0 saturated heterocycles. The van der Waals surface area contributed by atoms with Gasteiger partial charge >= 0.3 is 5.69 Å². The van der Waals surface area contributed by atoms with Crippen molar-refractivity contribution in [2.24, 2.45) is 0 Å². The topological polar surface area (TPSA) is 91.2 Å². The molecule has 0 aliphatic carbocycles. The molecule has 110 valence electrons. The Bertz CT molecular complexity index is 799. The van der Waals surface area contributed by atoms with Crippen LogP contribution in [-0.4, -0.2) is 19.3 Å². The number of benzene rings is 1. The van der Waals surface area contributed by atoms with Gasteiger partial charge in [0, 0.05) is 6.54 Å². The highest BCUT2D eigenvalue weighted by Gasteiger charge is 2.21. The Morgan fingerprint density at radius 1 is 1.43 bits per heavy atom. The number of aromatic nitrogens is 2. The van der Waals surface area contributed by atoms with Crippen LogP contribution in [0.3, 0.4) is 0 Å². The minimum absolute atomic E-state index is 0.141. The van der Waals surface area contributed by atoms with Gasteiger partial charge in [0.15, 0.2) is 0 Å². The molecule has 0 unspecified atom stereocenters. The van der Waals surface area contributed by atoms with Crippen LogP contribution in [0.4, 0.5) is 0 Å². The predicted octanol–water partition coefficient (Wildman–Crippen LogP) is 1.69. The summed E-state index contributed by atoms with van der Waals surface area (Å²) in [6, 6.07) is 4.98. The first kappa shape index (κ1) is 15.2. The molecule has 1 aromatic heterocycles. The first-order valence-corrected chi connectivity index (χ1v) is 6.69. The quantitative estimate of drug-likeness (QED) is 0.902. The molecule has 0 aliphatic rings. The van der Waals surface area contributed by atoms with E-state index in [0.717, 1.165) is 4.57 Å². The van der Waals surface area contributed by atoms with Gasteiger partial charge in [-0.25, -0.2) is 9.36 Å². The van der Waals surface area contributed by atoms with Crippen molar-refractivity contribution in [2.75, 3.05) is 0 Å². The summed E-state index contributed by atoms with van der Waals surface area (Å²) in [6.07, 6.45) is 0. The SMILES string of the molecule is CCn1c(CO)c(O)n(-c2ccc(C#N)c(Cl)c2C)c1=O. The lowest BCUT2D eigenvalue weighted by molar-refractivity contribution is 0.263. The molecule has 1 heterocycles. The molecule has 0 atom stereocenters. The van der Waals surface area contributed by atoms with Crippen molar-refractivity contribution in [3.05, 3.63) is 44.5 Å². The van der Waals surface area contributed by atoms with Crippen LogP contribution in [0.25, 0.3) is 5.69 Å². The van der Waals surface area contributed by atoms with Gasteiger partial charge in [0.25, 0.3) is 0 Å². The summed E-state index contributed by atoms with van der Waals surface area (Å²) in [5, 5.41) is 28.7. The second-order valence-electron chi connectivity index (χ2n) is 4.47. The number of aliphatic hydroxyl groups is 1. The maximum Gasteiger partial charge on any atom is 0.335 e. The standard InChI is InChI=1S/C14H14ClN3O3/c1-3-17-11(7-19)13(20)18(14(17)21)10-5-4-9(6-16)12(15)8(10)2/h4-5,19-20H,3,7H2,1-2H3. The monoisotopic (exact) mass is 307 g/mol. The van der Waals surface area contributed by atoms with Crippen LogP contribution in [-0.2, 0) is 13.2 Å². The van der Waals surface area contributed by atoms with Crippen LogP contribution in [0.5, 0.6) is 5.88 Å². The fourth-order valence-corrected chi connectivity index (χ4v) is 2.48. The lowest BCUT2D eigenvalue weighted by Crippen LogP contribution is -2.24. The van der Waals surface area contributed by atoms with Crippen LogP contribution in [0, 0.1) is 18.3 Å². The van der Waals surface area contributed by atoms with E-state index in [9.17, 15) is 15.0 Å². The molecule has 0 bridgehead atoms. The van der Waals surface area contributed by atoms with Crippen molar-refractivity contribution < 1.29 is 10.2 Å². The first-order chi connectivity index (χ1) is 9.97. The largest absolute Gasteiger partial charge is 0.493 e. The van der Waals surface area contributed by atoms with E-state index in [1.165, 1.54) is 10.6 Å². The van der Waals surface area contributed by atoms with E-state index in [1.807, 2.05) is 6.07 Å². The number of nitrogens with zero attached hydrogens (tertiary/aromatic N) is 3. The van der Waals surface area contributed by atoms with E-state index in [-0.39, 0.29) is 16.6 Å². The van der Waals surface area contributed by atoms with Crippen LogP contribution >= 0.6 is 11.6 Å². The van der Waals surface area contributed by atoms with Gasteiger partial charge in [-0.05, 0) is 31.5 Å². The molecule has 0 amide bonds. The van der Waals surface area contributed by atoms with Crippen molar-refractivity contribution >= 4 is 11.6 Å². The van der Waals surface area contributed by atoms with Gasteiger partial charge in [-0.2, -0.15) is 5.26 Å². The zero-order chi connectivity index (χ0) is 15.7. The molecule has 1 aromatic carbocycles. The van der Waals surface area contributed by atoms with E-state index < -0.39 is 12.3 Å². The molecular formula is C14H14ClN3O3. The van der Waals surface area contributed by atoms with E-state index in [0.29, 0.717) is 23.4 Å². The lowest BCUT2D eigenvalue weighted by Gasteiger charge is -2.09. The van der Waals surface area contributed by atoms with Crippen molar-refractivity contribution in [3.8, 4) is 17.6 Å². The molecule has 7 heteroatoms. The Morgan fingerprint density at radius 2 is 2.10 bits per heavy atom. The summed E-state index contributed by atoms with van der Waals surface area (Å²) in [5.74, 6) is -0.326. The van der Waals surface area contributed by atoms with E-state index in [2.05, 4.69) is 0 Å². The highest BCUT2D eigenvalue weighted by Crippen LogP contribution is 2.29. The lowest BCUT2D eigenvalue weighted by atomic mass is 10.1. The van der Waals surface area contributed by atoms with Gasteiger partial charge in [-0.1, -0.05) is 11.6 Å². The number of rotatable bonds is 3. The Balaban J connectivity index is 2.81. The maximum atomic E-state index is 12.4. The Morgan fingerprint density at radius 3 is 2.57 bits per heavy atom. The van der Waals surface area contributed by atoms with Gasteiger partial charge in [-0.3, -0.25) is 4.57 Å². The molecule has 0 aliphatic heterocycles. The van der Waals surface area contributed by atoms with Crippen molar-refractivity contribution in [2.45, 2.75) is 27.0 Å². The fourth-order valence-electron chi connectivity index (χ4n) is 2.28. The number of hydrogen-bond donors (Lipinski definition) is 2. The summed E-state index contributed by atoms with van der Waals surface area (Å²) < 4.78 is 2.36. The summed E-state index contributed by atoms with van der Waals surface area (Å²) in [5.41, 5.74) is 0.849. The van der Waals surface area contributed by atoms with Crippen LogP contribution in [0.15, 0.2) is 16.9 Å². The fraction of sp³-hybridized carbons (Fsp3) is 0.286. The highest BCUT2D eigenvalue weighted by molar-refractivity contribution is 6.32. The third kappa shape index (κ3) is 2.20. The third-order valence-corrected chi connectivity index (χ3v) is 3.89. The van der Waals surface area contributed by atoms with E-state index in [4.69, 9.17) is 16.9 Å². The first-order valence-electron chi connectivity index (χ1n) is 6.31. The van der Waals surface area contributed by atoms with Gasteiger partial charge in [0.1, 0.15) is 11.8 Å². The zero-order valence-corrected chi connectivity index (χ0v) is 12.3.